The molecule has 178 valence electrons. The number of esters is 1. The topological polar surface area (TPSA) is 86.1 Å². The van der Waals surface area contributed by atoms with Gasteiger partial charge in [-0.15, -0.1) is 0 Å². The van der Waals surface area contributed by atoms with Gasteiger partial charge in [-0.25, -0.2) is 4.79 Å². The van der Waals surface area contributed by atoms with E-state index < -0.39 is 11.6 Å². The Morgan fingerprint density at radius 2 is 1.85 bits per heavy atom. The zero-order valence-electron chi connectivity index (χ0n) is 19.8. The number of rotatable bonds is 7. The summed E-state index contributed by atoms with van der Waals surface area (Å²) in [4.78, 5) is 38.7. The Labute approximate surface area is 198 Å². The van der Waals surface area contributed by atoms with Crippen LogP contribution in [0.2, 0.25) is 0 Å². The van der Waals surface area contributed by atoms with E-state index >= 15 is 0 Å². The Morgan fingerprint density at radius 1 is 1.09 bits per heavy atom. The number of fused-ring (bicyclic) bond motifs is 1. The van der Waals surface area contributed by atoms with Crippen molar-refractivity contribution in [3.05, 3.63) is 69.6 Å². The third kappa shape index (κ3) is 5.72. The van der Waals surface area contributed by atoms with Gasteiger partial charge in [-0.05, 0) is 62.7 Å². The third-order valence-corrected chi connectivity index (χ3v) is 6.08. The average Bonchev–Trinajstić information content (AvgIpc) is 2.78. The molecule has 1 aromatic heterocycles. The molecular weight excluding hydrogens is 434 g/mol. The number of hydrogen-bond donors (Lipinski definition) is 0. The molecule has 0 radical (unpaired) electrons. The maximum atomic E-state index is 12.7. The van der Waals surface area contributed by atoms with E-state index in [1.807, 2.05) is 19.1 Å². The molecule has 0 aliphatic carbocycles. The Balaban J connectivity index is 1.48. The monoisotopic (exact) mass is 463 g/mol. The number of nitrogens with zero attached hydrogens (tertiary/aromatic N) is 1. The minimum Gasteiger partial charge on any atom is -0.490 e. The normalized spacial score (nSPS) is 14.8. The predicted molar refractivity (Wildman–Crippen MR) is 129 cm³/mol. The van der Waals surface area contributed by atoms with E-state index in [2.05, 4.69) is 11.9 Å². The molecule has 0 unspecified atom stereocenters. The third-order valence-electron chi connectivity index (χ3n) is 6.08. The molecule has 1 aliphatic heterocycles. The van der Waals surface area contributed by atoms with Gasteiger partial charge in [0.25, 0.3) is 0 Å². The van der Waals surface area contributed by atoms with Crippen molar-refractivity contribution in [1.29, 1.82) is 0 Å². The van der Waals surface area contributed by atoms with Crippen molar-refractivity contribution in [1.82, 2.24) is 4.90 Å². The van der Waals surface area contributed by atoms with Crippen LogP contribution in [-0.4, -0.2) is 42.9 Å². The average molecular weight is 464 g/mol. The lowest BCUT2D eigenvalue weighted by Gasteiger charge is -2.29. The van der Waals surface area contributed by atoms with Gasteiger partial charge < -0.3 is 18.8 Å². The SMILES string of the molecule is CC(=O)Oc1cccc(CC(=O)Cc2cc3ccc(OC4CCN(C)CC4)c(C)c3oc2=O)c1. The number of carbonyl (C=O) groups excluding carboxylic acids is 2. The largest absolute Gasteiger partial charge is 0.490 e. The Bertz CT molecular complexity index is 1270. The van der Waals surface area contributed by atoms with Gasteiger partial charge in [0.2, 0.25) is 0 Å². The first-order valence-corrected chi connectivity index (χ1v) is 11.5. The molecule has 0 saturated carbocycles. The summed E-state index contributed by atoms with van der Waals surface area (Å²) in [5.41, 5.74) is 1.78. The van der Waals surface area contributed by atoms with Crippen LogP contribution in [0.15, 0.2) is 51.7 Å². The van der Waals surface area contributed by atoms with Crippen molar-refractivity contribution in [2.75, 3.05) is 20.1 Å². The standard InChI is InChI=1S/C27H29NO6/c1-17-25(33-23-9-11-28(3)12-10-23)8-7-20-15-21(27(31)34-26(17)20)16-22(30)13-19-5-4-6-24(14-19)32-18(2)29/h4-8,14-15,23H,9-13,16H2,1-3H3. The Hall–Kier alpha value is -3.45. The van der Waals surface area contributed by atoms with Crippen LogP contribution in [0.1, 0.15) is 36.5 Å². The fourth-order valence-electron chi connectivity index (χ4n) is 4.27. The highest BCUT2D eigenvalue weighted by atomic mass is 16.5. The van der Waals surface area contributed by atoms with Gasteiger partial charge in [-0.2, -0.15) is 0 Å². The maximum absolute atomic E-state index is 12.7. The summed E-state index contributed by atoms with van der Waals surface area (Å²) >= 11 is 0. The summed E-state index contributed by atoms with van der Waals surface area (Å²) in [5, 5.41) is 0.757. The minimum absolute atomic E-state index is 0.0387. The number of Topliss-reactive ketones (excluding diaryl/α,β-unsaturated/α-hetero) is 1. The number of carbonyl (C=O) groups is 2. The van der Waals surface area contributed by atoms with Crippen LogP contribution >= 0.6 is 0 Å². The van der Waals surface area contributed by atoms with Crippen molar-refractivity contribution >= 4 is 22.7 Å². The minimum atomic E-state index is -0.519. The van der Waals surface area contributed by atoms with Crippen LogP contribution < -0.4 is 15.1 Å². The number of likely N-dealkylation sites (tertiary alicyclic amines) is 1. The molecule has 0 bridgehead atoms. The highest BCUT2D eigenvalue weighted by Crippen LogP contribution is 2.29. The van der Waals surface area contributed by atoms with Gasteiger partial charge in [-0.1, -0.05) is 12.1 Å². The second kappa shape index (κ2) is 10.2. The second-order valence-corrected chi connectivity index (χ2v) is 8.92. The van der Waals surface area contributed by atoms with Crippen molar-refractivity contribution < 1.29 is 23.5 Å². The first-order valence-electron chi connectivity index (χ1n) is 11.5. The van der Waals surface area contributed by atoms with Crippen molar-refractivity contribution in [3.63, 3.8) is 0 Å². The van der Waals surface area contributed by atoms with E-state index in [4.69, 9.17) is 13.9 Å². The lowest BCUT2D eigenvalue weighted by Crippen LogP contribution is -2.35. The van der Waals surface area contributed by atoms with E-state index in [1.165, 1.54) is 6.92 Å². The number of benzene rings is 2. The molecule has 0 atom stereocenters. The smallest absolute Gasteiger partial charge is 0.339 e. The first-order chi connectivity index (χ1) is 16.3. The van der Waals surface area contributed by atoms with Gasteiger partial charge in [0.05, 0.1) is 0 Å². The van der Waals surface area contributed by atoms with Crippen LogP contribution in [0.4, 0.5) is 0 Å². The van der Waals surface area contributed by atoms with Crippen LogP contribution in [0.25, 0.3) is 11.0 Å². The van der Waals surface area contributed by atoms with Gasteiger partial charge in [0, 0.05) is 49.4 Å². The van der Waals surface area contributed by atoms with E-state index in [9.17, 15) is 14.4 Å². The molecule has 0 amide bonds. The van der Waals surface area contributed by atoms with Crippen molar-refractivity contribution in [2.24, 2.45) is 0 Å². The molecular formula is C27H29NO6. The van der Waals surface area contributed by atoms with Gasteiger partial charge in [0.1, 0.15) is 29.0 Å². The van der Waals surface area contributed by atoms with E-state index in [-0.39, 0.29) is 24.7 Å². The van der Waals surface area contributed by atoms with Gasteiger partial charge in [0.15, 0.2) is 0 Å². The number of aryl methyl sites for hydroxylation is 1. The summed E-state index contributed by atoms with van der Waals surface area (Å²) in [6.07, 6.45) is 2.15. The quantitative estimate of drug-likeness (QED) is 0.299. The maximum Gasteiger partial charge on any atom is 0.339 e. The van der Waals surface area contributed by atoms with E-state index in [0.717, 1.165) is 42.6 Å². The number of ether oxygens (including phenoxy) is 2. The van der Waals surface area contributed by atoms with Gasteiger partial charge in [-0.3, -0.25) is 9.59 Å². The molecule has 0 N–H and O–H groups in total. The van der Waals surface area contributed by atoms with Crippen molar-refractivity contribution in [2.45, 2.75) is 45.6 Å². The summed E-state index contributed by atoms with van der Waals surface area (Å²) in [7, 11) is 2.11. The van der Waals surface area contributed by atoms with Gasteiger partial charge >= 0.3 is 11.6 Å². The number of piperidine rings is 1. The Kier molecular flexibility index (Phi) is 7.12. The number of ketones is 1. The van der Waals surface area contributed by atoms with Crippen LogP contribution in [-0.2, 0) is 22.4 Å². The molecule has 3 aromatic rings. The molecule has 4 rings (SSSR count). The fourth-order valence-corrected chi connectivity index (χ4v) is 4.27. The molecule has 1 saturated heterocycles. The Morgan fingerprint density at radius 3 is 2.59 bits per heavy atom. The van der Waals surface area contributed by atoms with E-state index in [1.54, 1.807) is 30.3 Å². The predicted octanol–water partition coefficient (Wildman–Crippen LogP) is 3.85. The molecule has 7 heteroatoms. The van der Waals surface area contributed by atoms with Crippen LogP contribution in [0, 0.1) is 6.92 Å². The van der Waals surface area contributed by atoms with Crippen LogP contribution in [0.5, 0.6) is 11.5 Å². The molecule has 1 aliphatic rings. The zero-order chi connectivity index (χ0) is 24.2. The lowest BCUT2D eigenvalue weighted by molar-refractivity contribution is -0.131. The molecule has 2 heterocycles. The molecule has 2 aromatic carbocycles. The zero-order valence-corrected chi connectivity index (χ0v) is 19.8. The molecule has 34 heavy (non-hydrogen) atoms. The summed E-state index contributed by atoms with van der Waals surface area (Å²) in [6.45, 7) is 5.20. The van der Waals surface area contributed by atoms with Crippen LogP contribution in [0.3, 0.4) is 0 Å². The second-order valence-electron chi connectivity index (χ2n) is 8.92. The summed E-state index contributed by atoms with van der Waals surface area (Å²) < 4.78 is 16.9. The first kappa shape index (κ1) is 23.7. The fraction of sp³-hybridized carbons (Fsp3) is 0.370. The molecule has 7 nitrogen and oxygen atoms in total. The number of hydrogen-bond acceptors (Lipinski definition) is 7. The lowest BCUT2D eigenvalue weighted by atomic mass is 10.0. The molecule has 1 fully saturated rings. The summed E-state index contributed by atoms with van der Waals surface area (Å²) in [5.74, 6) is 0.552. The highest BCUT2D eigenvalue weighted by Gasteiger charge is 2.20. The summed E-state index contributed by atoms with van der Waals surface area (Å²) in [6, 6.07) is 12.3. The highest BCUT2D eigenvalue weighted by molar-refractivity contribution is 5.86. The molecule has 0 spiro atoms. The van der Waals surface area contributed by atoms with Crippen molar-refractivity contribution in [3.8, 4) is 11.5 Å². The van der Waals surface area contributed by atoms with E-state index in [0.29, 0.717) is 22.5 Å².